The van der Waals surface area contributed by atoms with E-state index < -0.39 is 10.0 Å². The topological polar surface area (TPSA) is 61.9 Å². The number of hydrogen-bond acceptors (Lipinski definition) is 5. The quantitative estimate of drug-likeness (QED) is 0.795. The van der Waals surface area contributed by atoms with Crippen LogP contribution in [0, 0.1) is 12.8 Å². The third-order valence-electron chi connectivity index (χ3n) is 4.46. The number of benzene rings is 1. The molecule has 7 heteroatoms. The summed E-state index contributed by atoms with van der Waals surface area (Å²) in [6.45, 7) is 9.52. The first-order valence-corrected chi connectivity index (χ1v) is 9.85. The minimum Gasteiger partial charge on any atom is -0.496 e. The van der Waals surface area contributed by atoms with Gasteiger partial charge < -0.3 is 14.5 Å². The van der Waals surface area contributed by atoms with Crippen molar-refractivity contribution in [1.82, 2.24) is 14.5 Å². The third-order valence-corrected chi connectivity index (χ3v) is 5.89. The van der Waals surface area contributed by atoms with Crippen molar-refractivity contribution >= 4 is 10.0 Å². The summed E-state index contributed by atoms with van der Waals surface area (Å²) in [6, 6.07) is 4.92. The molecule has 6 nitrogen and oxygen atoms in total. The van der Waals surface area contributed by atoms with Gasteiger partial charge in [-0.05, 0) is 43.7 Å². The van der Waals surface area contributed by atoms with E-state index in [9.17, 15) is 8.42 Å². The van der Waals surface area contributed by atoms with Crippen molar-refractivity contribution in [2.75, 3.05) is 53.4 Å². The van der Waals surface area contributed by atoms with E-state index in [0.29, 0.717) is 12.3 Å². The fourth-order valence-corrected chi connectivity index (χ4v) is 4.14. The predicted octanol–water partition coefficient (Wildman–Crippen LogP) is 1.17. The molecule has 1 aliphatic rings. The second kappa shape index (κ2) is 8.29. The van der Waals surface area contributed by atoms with Crippen LogP contribution in [0.15, 0.2) is 23.1 Å². The maximum atomic E-state index is 12.5. The van der Waals surface area contributed by atoms with Gasteiger partial charge in [-0.15, -0.1) is 0 Å². The molecule has 1 aliphatic heterocycles. The van der Waals surface area contributed by atoms with Gasteiger partial charge in [0.05, 0.1) is 12.0 Å². The minimum atomic E-state index is -3.48. The number of nitrogens with zero attached hydrogens (tertiary/aromatic N) is 2. The monoisotopic (exact) mass is 355 g/mol. The maximum Gasteiger partial charge on any atom is 0.240 e. The van der Waals surface area contributed by atoms with Gasteiger partial charge in [0.2, 0.25) is 10.0 Å². The van der Waals surface area contributed by atoms with Crippen LogP contribution in [-0.2, 0) is 10.0 Å². The Bertz CT molecular complexity index is 640. The lowest BCUT2D eigenvalue weighted by Gasteiger charge is -2.33. The van der Waals surface area contributed by atoms with Crippen molar-refractivity contribution in [2.45, 2.75) is 18.7 Å². The summed E-state index contributed by atoms with van der Waals surface area (Å²) in [4.78, 5) is 5.00. The molecule has 2 rings (SSSR count). The lowest BCUT2D eigenvalue weighted by molar-refractivity contribution is 0.139. The van der Waals surface area contributed by atoms with E-state index in [1.54, 1.807) is 25.3 Å². The van der Waals surface area contributed by atoms with Crippen molar-refractivity contribution in [3.05, 3.63) is 23.8 Å². The number of rotatable bonds is 7. The Hall–Kier alpha value is -1.15. The van der Waals surface area contributed by atoms with Gasteiger partial charge in [0, 0.05) is 39.3 Å². The first kappa shape index (κ1) is 19.2. The summed E-state index contributed by atoms with van der Waals surface area (Å²) < 4.78 is 32.8. The molecule has 0 spiro atoms. The molecular weight excluding hydrogens is 326 g/mol. The molecule has 1 heterocycles. The Labute approximate surface area is 145 Å². The number of ether oxygens (including phenoxy) is 1. The van der Waals surface area contributed by atoms with Crippen molar-refractivity contribution in [2.24, 2.45) is 5.92 Å². The summed E-state index contributed by atoms with van der Waals surface area (Å²) in [7, 11) is 0.224. The molecule has 24 heavy (non-hydrogen) atoms. The average molecular weight is 356 g/mol. The lowest BCUT2D eigenvalue weighted by atomic mass is 10.1. The van der Waals surface area contributed by atoms with Gasteiger partial charge in [-0.25, -0.2) is 13.1 Å². The van der Waals surface area contributed by atoms with Crippen LogP contribution >= 0.6 is 0 Å². The van der Waals surface area contributed by atoms with Crippen molar-refractivity contribution < 1.29 is 13.2 Å². The molecule has 1 saturated heterocycles. The molecule has 1 unspecified atom stereocenters. The molecule has 1 aromatic carbocycles. The van der Waals surface area contributed by atoms with Crippen LogP contribution in [0.5, 0.6) is 5.75 Å². The Kier molecular flexibility index (Phi) is 6.62. The van der Waals surface area contributed by atoms with Gasteiger partial charge in [-0.1, -0.05) is 6.92 Å². The summed E-state index contributed by atoms with van der Waals surface area (Å²) in [6.07, 6.45) is 0. The van der Waals surface area contributed by atoms with Gasteiger partial charge in [-0.3, -0.25) is 0 Å². The summed E-state index contributed by atoms with van der Waals surface area (Å²) in [5, 5.41) is 0. The Balaban J connectivity index is 1.88. The van der Waals surface area contributed by atoms with Crippen LogP contribution in [-0.4, -0.2) is 71.6 Å². The van der Waals surface area contributed by atoms with Gasteiger partial charge in [-0.2, -0.15) is 0 Å². The van der Waals surface area contributed by atoms with Crippen molar-refractivity contribution in [1.29, 1.82) is 0 Å². The van der Waals surface area contributed by atoms with E-state index in [0.717, 1.165) is 38.3 Å². The van der Waals surface area contributed by atoms with E-state index in [1.165, 1.54) is 0 Å². The molecule has 0 bridgehead atoms. The van der Waals surface area contributed by atoms with Gasteiger partial charge >= 0.3 is 0 Å². The summed E-state index contributed by atoms with van der Waals surface area (Å²) in [5.41, 5.74) is 0.811. The number of aryl methyl sites for hydroxylation is 1. The molecule has 0 amide bonds. The minimum absolute atomic E-state index is 0.266. The number of piperazine rings is 1. The van der Waals surface area contributed by atoms with Crippen LogP contribution in [0.25, 0.3) is 0 Å². The van der Waals surface area contributed by atoms with Gasteiger partial charge in [0.15, 0.2) is 0 Å². The van der Waals surface area contributed by atoms with E-state index in [1.807, 2.05) is 6.92 Å². The van der Waals surface area contributed by atoms with Gasteiger partial charge in [0.25, 0.3) is 0 Å². The Morgan fingerprint density at radius 1 is 1.25 bits per heavy atom. The number of likely N-dealkylation sites (N-methyl/N-ethyl adjacent to an activating group) is 1. The Morgan fingerprint density at radius 3 is 2.50 bits per heavy atom. The fourth-order valence-electron chi connectivity index (χ4n) is 2.89. The first-order chi connectivity index (χ1) is 11.3. The largest absolute Gasteiger partial charge is 0.496 e. The van der Waals surface area contributed by atoms with E-state index >= 15 is 0 Å². The Morgan fingerprint density at radius 2 is 1.92 bits per heavy atom. The second-order valence-corrected chi connectivity index (χ2v) is 8.46. The van der Waals surface area contributed by atoms with Crippen molar-refractivity contribution in [3.8, 4) is 5.75 Å². The SMILES string of the molecule is COc1ccc(S(=O)(=O)NCC(C)CN2CCN(C)CC2)cc1C. The molecular formula is C17H29N3O3S. The normalized spacial score (nSPS) is 18.5. The number of sulfonamides is 1. The maximum absolute atomic E-state index is 12.5. The average Bonchev–Trinajstić information content (AvgIpc) is 2.55. The molecule has 1 fully saturated rings. The van der Waals surface area contributed by atoms with E-state index in [2.05, 4.69) is 28.5 Å². The van der Waals surface area contributed by atoms with Crippen LogP contribution in [0.1, 0.15) is 12.5 Å². The molecule has 0 saturated carbocycles. The summed E-state index contributed by atoms with van der Waals surface area (Å²) in [5.74, 6) is 0.958. The highest BCUT2D eigenvalue weighted by Gasteiger charge is 2.19. The molecule has 1 aromatic rings. The van der Waals surface area contributed by atoms with Crippen LogP contribution < -0.4 is 9.46 Å². The second-order valence-electron chi connectivity index (χ2n) is 6.69. The van der Waals surface area contributed by atoms with E-state index in [-0.39, 0.29) is 10.8 Å². The molecule has 0 aliphatic carbocycles. The molecule has 1 N–H and O–H groups in total. The van der Waals surface area contributed by atoms with Crippen LogP contribution in [0.2, 0.25) is 0 Å². The molecule has 0 radical (unpaired) electrons. The zero-order valence-electron chi connectivity index (χ0n) is 15.1. The van der Waals surface area contributed by atoms with Crippen molar-refractivity contribution in [3.63, 3.8) is 0 Å². The molecule has 1 atom stereocenters. The van der Waals surface area contributed by atoms with E-state index in [4.69, 9.17) is 4.74 Å². The highest BCUT2D eigenvalue weighted by atomic mass is 32.2. The van der Waals surface area contributed by atoms with Crippen LogP contribution in [0.3, 0.4) is 0 Å². The van der Waals surface area contributed by atoms with Crippen LogP contribution in [0.4, 0.5) is 0 Å². The lowest BCUT2D eigenvalue weighted by Crippen LogP contribution is -2.46. The highest BCUT2D eigenvalue weighted by Crippen LogP contribution is 2.21. The predicted molar refractivity (Wildman–Crippen MR) is 96.0 cm³/mol. The zero-order valence-corrected chi connectivity index (χ0v) is 15.9. The third kappa shape index (κ3) is 5.17. The van der Waals surface area contributed by atoms with Gasteiger partial charge in [0.1, 0.15) is 5.75 Å². The summed E-state index contributed by atoms with van der Waals surface area (Å²) >= 11 is 0. The number of methoxy groups -OCH3 is 1. The highest BCUT2D eigenvalue weighted by molar-refractivity contribution is 7.89. The smallest absolute Gasteiger partial charge is 0.240 e. The number of nitrogens with one attached hydrogen (secondary N) is 1. The first-order valence-electron chi connectivity index (χ1n) is 8.37. The fraction of sp³-hybridized carbons (Fsp3) is 0.647. The number of hydrogen-bond donors (Lipinski definition) is 1. The molecule has 136 valence electrons. The molecule has 0 aromatic heterocycles. The standard InChI is InChI=1S/C17H29N3O3S/c1-14(13-20-9-7-19(3)8-10-20)12-18-24(21,22)16-5-6-17(23-4)15(2)11-16/h5-6,11,14,18H,7-10,12-13H2,1-4H3. The zero-order chi connectivity index (χ0) is 17.7.